The largest absolute Gasteiger partial charge is 0.478 e. The van der Waals surface area contributed by atoms with Crippen LogP contribution < -0.4 is 4.90 Å². The number of hydrogen-bond donors (Lipinski definition) is 1. The maximum Gasteiger partial charge on any atom is 0.335 e. The Morgan fingerprint density at radius 2 is 2.15 bits per heavy atom. The van der Waals surface area contributed by atoms with Gasteiger partial charge in [-0.1, -0.05) is 13.3 Å². The van der Waals surface area contributed by atoms with Crippen LogP contribution in [0.1, 0.15) is 35.7 Å². The Morgan fingerprint density at radius 1 is 1.40 bits per heavy atom. The van der Waals surface area contributed by atoms with Crippen molar-refractivity contribution in [1.29, 1.82) is 0 Å². The van der Waals surface area contributed by atoms with Crippen molar-refractivity contribution in [3.05, 3.63) is 29.3 Å². The normalized spacial score (nSPS) is 13.2. The van der Waals surface area contributed by atoms with Crippen molar-refractivity contribution in [3.63, 3.8) is 0 Å². The highest BCUT2D eigenvalue weighted by atomic mass is 16.4. The molecule has 108 valence electrons. The standard InChI is InChI=1S/C15H20N2O3/c1-3-4-8-16(2)15(20)17-9-7-11-10-12(14(18)19)5-6-13(11)17/h5-6,10H,3-4,7-9H2,1-2H3,(H,18,19). The molecule has 0 atom stereocenters. The van der Waals surface area contributed by atoms with Gasteiger partial charge in [-0.05, 0) is 36.6 Å². The summed E-state index contributed by atoms with van der Waals surface area (Å²) in [7, 11) is 1.81. The summed E-state index contributed by atoms with van der Waals surface area (Å²) in [5.41, 5.74) is 2.04. The van der Waals surface area contributed by atoms with E-state index in [2.05, 4.69) is 6.92 Å². The van der Waals surface area contributed by atoms with Gasteiger partial charge in [0.1, 0.15) is 0 Å². The van der Waals surface area contributed by atoms with E-state index in [1.165, 1.54) is 0 Å². The molecule has 0 saturated carbocycles. The van der Waals surface area contributed by atoms with Crippen LogP contribution in [0.25, 0.3) is 0 Å². The number of hydrogen-bond acceptors (Lipinski definition) is 2. The molecule has 1 aliphatic rings. The number of benzene rings is 1. The van der Waals surface area contributed by atoms with Gasteiger partial charge < -0.3 is 10.0 Å². The van der Waals surface area contributed by atoms with Gasteiger partial charge in [-0.3, -0.25) is 4.90 Å². The van der Waals surface area contributed by atoms with Gasteiger partial charge in [-0.25, -0.2) is 9.59 Å². The predicted octanol–water partition coefficient (Wildman–Crippen LogP) is 2.60. The third kappa shape index (κ3) is 2.76. The maximum absolute atomic E-state index is 12.4. The highest BCUT2D eigenvalue weighted by molar-refractivity contribution is 5.95. The zero-order valence-electron chi connectivity index (χ0n) is 11.9. The minimum atomic E-state index is -0.933. The maximum atomic E-state index is 12.4. The first-order chi connectivity index (χ1) is 9.54. The van der Waals surface area contributed by atoms with Crippen LogP contribution in [0.15, 0.2) is 18.2 Å². The van der Waals surface area contributed by atoms with Crippen LogP contribution in [0.5, 0.6) is 0 Å². The highest BCUT2D eigenvalue weighted by Crippen LogP contribution is 2.29. The molecule has 1 aromatic carbocycles. The van der Waals surface area contributed by atoms with Gasteiger partial charge in [-0.2, -0.15) is 0 Å². The summed E-state index contributed by atoms with van der Waals surface area (Å²) in [6.45, 7) is 3.46. The molecule has 0 aromatic heterocycles. The van der Waals surface area contributed by atoms with Crippen LogP contribution in [-0.2, 0) is 6.42 Å². The first-order valence-electron chi connectivity index (χ1n) is 6.93. The number of nitrogens with zero attached hydrogens (tertiary/aromatic N) is 2. The van der Waals surface area contributed by atoms with Gasteiger partial charge in [0.25, 0.3) is 0 Å². The first kappa shape index (κ1) is 14.4. The summed E-state index contributed by atoms with van der Waals surface area (Å²) >= 11 is 0. The number of carbonyl (C=O) groups excluding carboxylic acids is 1. The molecular formula is C15H20N2O3. The van der Waals surface area contributed by atoms with Crippen molar-refractivity contribution in [1.82, 2.24) is 4.90 Å². The van der Waals surface area contributed by atoms with Gasteiger partial charge in [0, 0.05) is 25.8 Å². The lowest BCUT2D eigenvalue weighted by molar-refractivity contribution is 0.0697. The third-order valence-corrected chi connectivity index (χ3v) is 3.63. The Balaban J connectivity index is 2.15. The fraction of sp³-hybridized carbons (Fsp3) is 0.467. The Hall–Kier alpha value is -2.04. The zero-order valence-corrected chi connectivity index (χ0v) is 11.9. The molecule has 0 spiro atoms. The van der Waals surface area contributed by atoms with Crippen molar-refractivity contribution in [2.45, 2.75) is 26.2 Å². The number of carboxylic acids is 1. The lowest BCUT2D eigenvalue weighted by atomic mass is 10.1. The molecule has 0 fully saturated rings. The number of carbonyl (C=O) groups is 2. The number of rotatable bonds is 4. The lowest BCUT2D eigenvalue weighted by Gasteiger charge is -2.25. The molecule has 0 unspecified atom stereocenters. The summed E-state index contributed by atoms with van der Waals surface area (Å²) < 4.78 is 0. The molecule has 5 heteroatoms. The third-order valence-electron chi connectivity index (χ3n) is 3.63. The fourth-order valence-electron chi connectivity index (χ4n) is 2.43. The second-order valence-corrected chi connectivity index (χ2v) is 5.11. The van der Waals surface area contributed by atoms with Gasteiger partial charge in [0.05, 0.1) is 5.56 Å². The molecule has 2 amide bonds. The predicted molar refractivity (Wildman–Crippen MR) is 77.4 cm³/mol. The van der Waals surface area contributed by atoms with Crippen LogP contribution >= 0.6 is 0 Å². The van der Waals surface area contributed by atoms with E-state index in [4.69, 9.17) is 5.11 Å². The van der Waals surface area contributed by atoms with Crippen molar-refractivity contribution < 1.29 is 14.7 Å². The second-order valence-electron chi connectivity index (χ2n) is 5.11. The van der Waals surface area contributed by atoms with E-state index in [9.17, 15) is 9.59 Å². The number of anilines is 1. The molecule has 0 bridgehead atoms. The number of aromatic carboxylic acids is 1. The minimum Gasteiger partial charge on any atom is -0.478 e. The van der Waals surface area contributed by atoms with E-state index in [0.717, 1.165) is 30.6 Å². The van der Waals surface area contributed by atoms with Crippen LogP contribution in [0.4, 0.5) is 10.5 Å². The Labute approximate surface area is 118 Å². The van der Waals surface area contributed by atoms with Crippen molar-refractivity contribution >= 4 is 17.7 Å². The highest BCUT2D eigenvalue weighted by Gasteiger charge is 2.27. The van der Waals surface area contributed by atoms with Crippen molar-refractivity contribution in [2.75, 3.05) is 25.0 Å². The first-order valence-corrected chi connectivity index (χ1v) is 6.93. The van der Waals surface area contributed by atoms with E-state index in [1.54, 1.807) is 28.0 Å². The molecule has 1 aliphatic heterocycles. The van der Waals surface area contributed by atoms with Crippen LogP contribution in [0, 0.1) is 0 Å². The molecule has 2 rings (SSSR count). The number of amides is 2. The van der Waals surface area contributed by atoms with Crippen LogP contribution in [-0.4, -0.2) is 42.1 Å². The zero-order chi connectivity index (χ0) is 14.7. The van der Waals surface area contributed by atoms with E-state index in [1.807, 2.05) is 7.05 Å². The van der Waals surface area contributed by atoms with Crippen LogP contribution in [0.2, 0.25) is 0 Å². The molecule has 0 radical (unpaired) electrons. The minimum absolute atomic E-state index is 0.0136. The smallest absolute Gasteiger partial charge is 0.335 e. The molecule has 20 heavy (non-hydrogen) atoms. The van der Waals surface area contributed by atoms with Crippen LogP contribution in [0.3, 0.4) is 0 Å². The molecule has 0 aliphatic carbocycles. The molecule has 1 N–H and O–H groups in total. The molecule has 0 saturated heterocycles. The summed E-state index contributed by atoms with van der Waals surface area (Å²) in [6.07, 6.45) is 2.75. The number of fused-ring (bicyclic) bond motifs is 1. The summed E-state index contributed by atoms with van der Waals surface area (Å²) in [5.74, 6) is -0.933. The van der Waals surface area contributed by atoms with Crippen molar-refractivity contribution in [3.8, 4) is 0 Å². The summed E-state index contributed by atoms with van der Waals surface area (Å²) in [6, 6.07) is 4.94. The topological polar surface area (TPSA) is 60.9 Å². The van der Waals surface area contributed by atoms with Crippen molar-refractivity contribution in [2.24, 2.45) is 0 Å². The Morgan fingerprint density at radius 3 is 2.80 bits per heavy atom. The number of unbranched alkanes of at least 4 members (excludes halogenated alkanes) is 1. The Kier molecular flexibility index (Phi) is 4.27. The van der Waals surface area contributed by atoms with Gasteiger partial charge >= 0.3 is 12.0 Å². The van der Waals surface area contributed by atoms with E-state index in [-0.39, 0.29) is 11.6 Å². The summed E-state index contributed by atoms with van der Waals surface area (Å²) in [5, 5.41) is 8.99. The number of urea groups is 1. The quantitative estimate of drug-likeness (QED) is 0.919. The molecule has 1 aromatic rings. The van der Waals surface area contributed by atoms with E-state index in [0.29, 0.717) is 13.0 Å². The van der Waals surface area contributed by atoms with E-state index < -0.39 is 5.97 Å². The molecular weight excluding hydrogens is 256 g/mol. The molecule has 1 heterocycles. The average molecular weight is 276 g/mol. The SMILES string of the molecule is CCCCN(C)C(=O)N1CCc2cc(C(=O)O)ccc21. The lowest BCUT2D eigenvalue weighted by Crippen LogP contribution is -2.40. The summed E-state index contributed by atoms with van der Waals surface area (Å²) in [4.78, 5) is 26.8. The second kappa shape index (κ2) is 5.94. The van der Waals surface area contributed by atoms with Gasteiger partial charge in [0.2, 0.25) is 0 Å². The fourth-order valence-corrected chi connectivity index (χ4v) is 2.43. The Bertz CT molecular complexity index is 528. The average Bonchev–Trinajstić information content (AvgIpc) is 2.86. The molecule has 5 nitrogen and oxygen atoms in total. The van der Waals surface area contributed by atoms with E-state index >= 15 is 0 Å². The number of carboxylic acid groups (broad SMARTS) is 1. The van der Waals surface area contributed by atoms with Gasteiger partial charge in [-0.15, -0.1) is 0 Å². The van der Waals surface area contributed by atoms with Gasteiger partial charge in [0.15, 0.2) is 0 Å². The monoisotopic (exact) mass is 276 g/mol.